The molecule has 0 amide bonds. The highest BCUT2D eigenvalue weighted by atomic mass is 79.9. The molecule has 0 aliphatic carbocycles. The normalized spacial score (nSPS) is 10.4. The zero-order valence-electron chi connectivity index (χ0n) is 9.57. The quantitative estimate of drug-likeness (QED) is 0.929. The van der Waals surface area contributed by atoms with Crippen molar-refractivity contribution >= 4 is 27.5 Å². The Hall–Kier alpha value is -1.10. The molecule has 0 saturated heterocycles. The van der Waals surface area contributed by atoms with Crippen LogP contribution in [0.1, 0.15) is 5.56 Å². The fraction of sp³-hybridized carbons (Fsp3) is 0.154. The first kappa shape index (κ1) is 13.3. The van der Waals surface area contributed by atoms with Crippen molar-refractivity contribution in [1.82, 2.24) is 4.98 Å². The van der Waals surface area contributed by atoms with Gasteiger partial charge in [-0.3, -0.25) is 0 Å². The van der Waals surface area contributed by atoms with E-state index in [2.05, 4.69) is 20.9 Å². The fourth-order valence-corrected chi connectivity index (χ4v) is 2.15. The van der Waals surface area contributed by atoms with Crippen LogP contribution in [0.25, 0.3) is 0 Å². The monoisotopic (exact) mass is 326 g/mol. The second-order valence-electron chi connectivity index (χ2n) is 3.73. The molecule has 1 aromatic carbocycles. The number of pyridine rings is 1. The summed E-state index contributed by atoms with van der Waals surface area (Å²) in [5.41, 5.74) is 6.67. The van der Waals surface area contributed by atoms with Gasteiger partial charge in [-0.15, -0.1) is 0 Å². The van der Waals surface area contributed by atoms with Crippen molar-refractivity contribution in [2.45, 2.75) is 6.42 Å². The Kier molecular flexibility index (Phi) is 4.58. The van der Waals surface area contributed by atoms with Gasteiger partial charge in [0.15, 0.2) is 0 Å². The molecule has 2 N–H and O–H groups in total. The lowest BCUT2D eigenvalue weighted by Crippen LogP contribution is -2.02. The lowest BCUT2D eigenvalue weighted by Gasteiger charge is -2.07. The molecule has 1 aromatic heterocycles. The first-order valence-electron chi connectivity index (χ1n) is 5.47. The number of nitrogens with two attached hydrogens (primary N) is 1. The smallest absolute Gasteiger partial charge is 0.238 e. The standard InChI is InChI=1S/C13H12BrClN2O/c14-10-7-12(15)13(17-8-10)18-11-3-1-9(2-4-11)5-6-16/h1-4,7-8H,5-6,16H2. The fourth-order valence-electron chi connectivity index (χ4n) is 1.48. The number of rotatable bonds is 4. The summed E-state index contributed by atoms with van der Waals surface area (Å²) in [6.45, 7) is 0.639. The highest BCUT2D eigenvalue weighted by Crippen LogP contribution is 2.29. The van der Waals surface area contributed by atoms with Crippen molar-refractivity contribution < 1.29 is 4.74 Å². The minimum Gasteiger partial charge on any atom is -0.438 e. The number of nitrogens with zero attached hydrogens (tertiary/aromatic N) is 1. The summed E-state index contributed by atoms with van der Waals surface area (Å²) in [7, 11) is 0. The van der Waals surface area contributed by atoms with Crippen molar-refractivity contribution in [1.29, 1.82) is 0 Å². The SMILES string of the molecule is NCCc1ccc(Oc2ncc(Br)cc2Cl)cc1. The van der Waals surface area contributed by atoms with Crippen molar-refractivity contribution in [2.75, 3.05) is 6.54 Å². The molecule has 0 fully saturated rings. The van der Waals surface area contributed by atoms with E-state index in [4.69, 9.17) is 22.1 Å². The minimum absolute atomic E-state index is 0.395. The van der Waals surface area contributed by atoms with Gasteiger partial charge in [0.25, 0.3) is 0 Å². The number of aromatic nitrogens is 1. The lowest BCUT2D eigenvalue weighted by molar-refractivity contribution is 0.463. The first-order chi connectivity index (χ1) is 8.69. The van der Waals surface area contributed by atoms with Gasteiger partial charge in [0.2, 0.25) is 5.88 Å². The highest BCUT2D eigenvalue weighted by molar-refractivity contribution is 9.10. The minimum atomic E-state index is 0.395. The van der Waals surface area contributed by atoms with Crippen LogP contribution in [0.5, 0.6) is 11.6 Å². The molecule has 2 rings (SSSR count). The second kappa shape index (κ2) is 6.18. The van der Waals surface area contributed by atoms with E-state index in [1.807, 2.05) is 24.3 Å². The van der Waals surface area contributed by atoms with Crippen LogP contribution >= 0.6 is 27.5 Å². The highest BCUT2D eigenvalue weighted by Gasteiger charge is 2.05. The number of benzene rings is 1. The van der Waals surface area contributed by atoms with Gasteiger partial charge >= 0.3 is 0 Å². The Morgan fingerprint density at radius 2 is 2.00 bits per heavy atom. The van der Waals surface area contributed by atoms with E-state index in [9.17, 15) is 0 Å². The predicted octanol–water partition coefficient (Wildman–Crippen LogP) is 3.79. The molecule has 0 atom stereocenters. The van der Waals surface area contributed by atoms with Gasteiger partial charge < -0.3 is 10.5 Å². The maximum atomic E-state index is 6.03. The summed E-state index contributed by atoms with van der Waals surface area (Å²) in [6.07, 6.45) is 2.50. The van der Waals surface area contributed by atoms with Gasteiger partial charge in [-0.2, -0.15) is 0 Å². The zero-order chi connectivity index (χ0) is 13.0. The Morgan fingerprint density at radius 3 is 2.61 bits per heavy atom. The first-order valence-corrected chi connectivity index (χ1v) is 6.64. The molecular formula is C13H12BrClN2O. The Labute approximate surface area is 119 Å². The van der Waals surface area contributed by atoms with Crippen LogP contribution in [0, 0.1) is 0 Å². The van der Waals surface area contributed by atoms with E-state index >= 15 is 0 Å². The van der Waals surface area contributed by atoms with Crippen molar-refractivity contribution in [3.8, 4) is 11.6 Å². The molecule has 18 heavy (non-hydrogen) atoms. The van der Waals surface area contributed by atoms with Crippen LogP contribution in [0.2, 0.25) is 5.02 Å². The van der Waals surface area contributed by atoms with Crippen LogP contribution in [0.3, 0.4) is 0 Å². The molecule has 0 bridgehead atoms. The predicted molar refractivity (Wildman–Crippen MR) is 76.2 cm³/mol. The van der Waals surface area contributed by atoms with Crippen molar-refractivity contribution in [2.24, 2.45) is 5.73 Å². The number of halogens is 2. The van der Waals surface area contributed by atoms with E-state index in [1.165, 1.54) is 5.56 Å². The van der Waals surface area contributed by atoms with Crippen LogP contribution in [0.4, 0.5) is 0 Å². The van der Waals surface area contributed by atoms with Crippen LogP contribution in [0.15, 0.2) is 41.0 Å². The largest absolute Gasteiger partial charge is 0.438 e. The van der Waals surface area contributed by atoms with E-state index < -0.39 is 0 Å². The zero-order valence-corrected chi connectivity index (χ0v) is 11.9. The third kappa shape index (κ3) is 3.45. The molecule has 5 heteroatoms. The van der Waals surface area contributed by atoms with E-state index in [0.29, 0.717) is 23.2 Å². The van der Waals surface area contributed by atoms with Gasteiger partial charge in [-0.05, 0) is 52.7 Å². The Bertz CT molecular complexity index is 531. The van der Waals surface area contributed by atoms with E-state index in [0.717, 1.165) is 10.9 Å². The average molecular weight is 328 g/mol. The van der Waals surface area contributed by atoms with Crippen LogP contribution in [-0.4, -0.2) is 11.5 Å². The summed E-state index contributed by atoms with van der Waals surface area (Å²) < 4.78 is 6.42. The third-order valence-corrected chi connectivity index (χ3v) is 3.05. The lowest BCUT2D eigenvalue weighted by atomic mass is 10.1. The molecule has 1 heterocycles. The molecule has 0 unspecified atom stereocenters. The van der Waals surface area contributed by atoms with Crippen LogP contribution < -0.4 is 10.5 Å². The summed E-state index contributed by atoms with van der Waals surface area (Å²) in [5, 5.41) is 0.468. The van der Waals surface area contributed by atoms with Gasteiger partial charge in [-0.1, -0.05) is 23.7 Å². The molecule has 0 aliphatic heterocycles. The number of hydrogen-bond donors (Lipinski definition) is 1. The van der Waals surface area contributed by atoms with Gasteiger partial charge in [0.1, 0.15) is 10.8 Å². The Morgan fingerprint density at radius 1 is 1.28 bits per heavy atom. The third-order valence-electron chi connectivity index (χ3n) is 2.34. The molecule has 0 aliphatic rings. The maximum Gasteiger partial charge on any atom is 0.238 e. The molecule has 3 nitrogen and oxygen atoms in total. The topological polar surface area (TPSA) is 48.1 Å². The van der Waals surface area contributed by atoms with Gasteiger partial charge in [0.05, 0.1) is 0 Å². The molecule has 94 valence electrons. The Balaban J connectivity index is 2.13. The van der Waals surface area contributed by atoms with E-state index in [1.54, 1.807) is 12.3 Å². The summed E-state index contributed by atoms with van der Waals surface area (Å²) in [6, 6.07) is 9.46. The maximum absolute atomic E-state index is 6.03. The summed E-state index contributed by atoms with van der Waals surface area (Å²) >= 11 is 9.32. The van der Waals surface area contributed by atoms with E-state index in [-0.39, 0.29) is 0 Å². The second-order valence-corrected chi connectivity index (χ2v) is 5.05. The van der Waals surface area contributed by atoms with Crippen molar-refractivity contribution in [3.05, 3.63) is 51.6 Å². The van der Waals surface area contributed by atoms with Crippen molar-refractivity contribution in [3.63, 3.8) is 0 Å². The molecular weight excluding hydrogens is 316 g/mol. The van der Waals surface area contributed by atoms with Gasteiger partial charge in [0, 0.05) is 10.7 Å². The molecule has 0 spiro atoms. The summed E-state index contributed by atoms with van der Waals surface area (Å²) in [5.74, 6) is 1.10. The molecule has 2 aromatic rings. The summed E-state index contributed by atoms with van der Waals surface area (Å²) in [4.78, 5) is 4.11. The number of ether oxygens (including phenoxy) is 1. The molecule has 0 radical (unpaired) electrons. The number of hydrogen-bond acceptors (Lipinski definition) is 3. The molecule has 0 saturated carbocycles. The average Bonchev–Trinajstić information content (AvgIpc) is 2.35. The van der Waals surface area contributed by atoms with Crippen LogP contribution in [-0.2, 0) is 6.42 Å². The van der Waals surface area contributed by atoms with Gasteiger partial charge in [-0.25, -0.2) is 4.98 Å².